The Hall–Kier alpha value is -2.50. The normalized spacial score (nSPS) is 32.9. The average Bonchev–Trinajstić information content (AvgIpc) is 2.96. The van der Waals surface area contributed by atoms with Gasteiger partial charge in [-0.1, -0.05) is 38.5 Å². The minimum Gasteiger partial charge on any atom is -0.292 e. The fraction of sp³-hybridized carbons (Fsp3) is 0.583. The molecule has 1 heterocycles. The maximum Gasteiger partial charge on any atom is 0.335 e. The summed E-state index contributed by atoms with van der Waals surface area (Å²) in [7, 11) is 0. The molecule has 0 radical (unpaired) electrons. The fourth-order valence-electron chi connectivity index (χ4n) is 6.04. The van der Waals surface area contributed by atoms with Crippen molar-refractivity contribution < 1.29 is 14.4 Å². The lowest BCUT2D eigenvalue weighted by Crippen LogP contribution is -2.59. The van der Waals surface area contributed by atoms with Crippen molar-refractivity contribution in [3.63, 3.8) is 0 Å². The molecule has 4 amide bonds. The monoisotopic (exact) mass is 409 g/mol. The van der Waals surface area contributed by atoms with E-state index in [-0.39, 0.29) is 16.9 Å². The summed E-state index contributed by atoms with van der Waals surface area (Å²) in [5.74, 6) is -1.60. The predicted octanol–water partition coefficient (Wildman–Crippen LogP) is 4.10. The number of anilines is 1. The van der Waals surface area contributed by atoms with E-state index in [1.807, 2.05) is 32.9 Å². The highest BCUT2D eigenvalue weighted by Crippen LogP contribution is 2.66. The molecule has 1 saturated heterocycles. The van der Waals surface area contributed by atoms with Crippen molar-refractivity contribution in [3.8, 4) is 0 Å². The molecule has 1 N–H and O–H groups in total. The number of rotatable bonds is 3. The Morgan fingerprint density at radius 1 is 1.10 bits per heavy atom. The summed E-state index contributed by atoms with van der Waals surface area (Å²) in [6.45, 7) is 12.6. The van der Waals surface area contributed by atoms with Gasteiger partial charge in [-0.25, -0.2) is 9.69 Å². The van der Waals surface area contributed by atoms with Gasteiger partial charge in [-0.3, -0.25) is 19.9 Å². The Labute approximate surface area is 178 Å². The molecule has 2 saturated carbocycles. The van der Waals surface area contributed by atoms with E-state index in [0.29, 0.717) is 11.6 Å². The Kier molecular flexibility index (Phi) is 4.68. The van der Waals surface area contributed by atoms with Crippen molar-refractivity contribution >= 4 is 29.7 Å². The molecule has 4 rings (SSSR count). The molecule has 3 fully saturated rings. The summed E-state index contributed by atoms with van der Waals surface area (Å²) in [5, 5.41) is 2.35. The molecule has 0 aromatic heterocycles. The van der Waals surface area contributed by atoms with Gasteiger partial charge in [0.2, 0.25) is 5.91 Å². The Morgan fingerprint density at radius 3 is 2.27 bits per heavy atom. The van der Waals surface area contributed by atoms with Crippen molar-refractivity contribution in [2.45, 2.75) is 66.8 Å². The molecule has 1 aromatic carbocycles. The quantitative estimate of drug-likeness (QED) is 0.603. The molecular formula is C24H31N3O3. The number of fused-ring (bicyclic) bond motifs is 2. The minimum atomic E-state index is -1.09. The van der Waals surface area contributed by atoms with Crippen LogP contribution in [-0.2, 0) is 9.59 Å². The van der Waals surface area contributed by atoms with Crippen molar-refractivity contribution in [2.24, 2.45) is 27.7 Å². The van der Waals surface area contributed by atoms with Gasteiger partial charge in [0.25, 0.3) is 5.91 Å². The third-order valence-corrected chi connectivity index (χ3v) is 8.22. The number of hydrogen-bond donors (Lipinski definition) is 1. The summed E-state index contributed by atoms with van der Waals surface area (Å²) in [5.41, 5.74) is 3.52. The van der Waals surface area contributed by atoms with Crippen LogP contribution < -0.4 is 10.2 Å². The van der Waals surface area contributed by atoms with Gasteiger partial charge in [-0.15, -0.1) is 0 Å². The van der Waals surface area contributed by atoms with Crippen LogP contribution >= 0.6 is 0 Å². The van der Waals surface area contributed by atoms with Gasteiger partial charge in [0.05, 0.1) is 11.7 Å². The van der Waals surface area contributed by atoms with Gasteiger partial charge in [-0.2, -0.15) is 0 Å². The molecule has 30 heavy (non-hydrogen) atoms. The number of hydrogen-bond acceptors (Lipinski definition) is 4. The number of carbonyl (C=O) groups excluding carboxylic acids is 3. The van der Waals surface area contributed by atoms with Crippen LogP contribution in [0.2, 0.25) is 0 Å². The molecule has 1 aliphatic heterocycles. The maximum atomic E-state index is 13.3. The van der Waals surface area contributed by atoms with Crippen molar-refractivity contribution in [1.29, 1.82) is 0 Å². The Morgan fingerprint density at radius 2 is 1.73 bits per heavy atom. The summed E-state index contributed by atoms with van der Waals surface area (Å²) >= 11 is 0. The molecule has 2 bridgehead atoms. The highest BCUT2D eigenvalue weighted by Gasteiger charge is 2.61. The second-order valence-electron chi connectivity index (χ2n) is 10.1. The first-order valence-electron chi connectivity index (χ1n) is 10.8. The lowest BCUT2D eigenvalue weighted by Gasteiger charge is -2.37. The van der Waals surface area contributed by atoms with Crippen molar-refractivity contribution in [2.75, 3.05) is 4.90 Å². The zero-order valence-electron chi connectivity index (χ0n) is 18.7. The van der Waals surface area contributed by atoms with Gasteiger partial charge in [0.1, 0.15) is 0 Å². The molecule has 6 nitrogen and oxygen atoms in total. The van der Waals surface area contributed by atoms with Gasteiger partial charge in [-0.05, 0) is 67.9 Å². The van der Waals surface area contributed by atoms with E-state index in [1.54, 1.807) is 0 Å². The van der Waals surface area contributed by atoms with Gasteiger partial charge in [0, 0.05) is 6.21 Å². The Balaban J connectivity index is 1.64. The topological polar surface area (TPSA) is 78.8 Å². The number of nitrogens with one attached hydrogen (secondary N) is 1. The Bertz CT molecular complexity index is 957. The standard InChI is InChI=1S/C24H31N3O3/c1-13-9-14(2)19(15(3)10-13)27-21(29)17(20(28)26-22(27)30)12-25-18-11-16-7-8-24(18,6)23(16,4)5/h9-10,12,16-18H,7-8,11H2,1-6H3,(H,26,28,30)/t16-,17+,18+,24+/m1/s1. The van der Waals surface area contributed by atoms with Gasteiger partial charge in [0.15, 0.2) is 5.92 Å². The molecule has 6 heteroatoms. The largest absolute Gasteiger partial charge is 0.335 e. The van der Waals surface area contributed by atoms with Crippen LogP contribution in [-0.4, -0.2) is 30.1 Å². The van der Waals surface area contributed by atoms with E-state index >= 15 is 0 Å². The second-order valence-corrected chi connectivity index (χ2v) is 10.1. The van der Waals surface area contributed by atoms with Crippen molar-refractivity contribution in [3.05, 3.63) is 28.8 Å². The number of carbonyl (C=O) groups is 3. The number of aryl methyl sites for hydroxylation is 3. The summed E-state index contributed by atoms with van der Waals surface area (Å²) in [4.78, 5) is 44.2. The first-order valence-corrected chi connectivity index (χ1v) is 10.8. The number of aliphatic imine (C=N–C) groups is 1. The number of barbiturate groups is 1. The van der Waals surface area contributed by atoms with E-state index < -0.39 is 23.8 Å². The fourth-order valence-corrected chi connectivity index (χ4v) is 6.04. The zero-order valence-corrected chi connectivity index (χ0v) is 18.7. The molecular weight excluding hydrogens is 378 g/mol. The number of amides is 4. The number of imide groups is 2. The smallest absolute Gasteiger partial charge is 0.292 e. The van der Waals surface area contributed by atoms with E-state index in [2.05, 4.69) is 26.1 Å². The van der Waals surface area contributed by atoms with E-state index in [0.717, 1.165) is 34.4 Å². The maximum absolute atomic E-state index is 13.3. The van der Waals surface area contributed by atoms with Gasteiger partial charge >= 0.3 is 6.03 Å². The van der Waals surface area contributed by atoms with Crippen LogP contribution in [0.3, 0.4) is 0 Å². The third kappa shape index (κ3) is 2.83. The number of urea groups is 1. The first kappa shape index (κ1) is 20.8. The molecule has 2 aliphatic carbocycles. The van der Waals surface area contributed by atoms with Crippen LogP contribution in [0, 0.1) is 43.4 Å². The molecule has 0 spiro atoms. The summed E-state index contributed by atoms with van der Waals surface area (Å²) in [6, 6.07) is 3.26. The molecule has 1 aromatic rings. The molecule has 4 atom stereocenters. The average molecular weight is 410 g/mol. The third-order valence-electron chi connectivity index (χ3n) is 8.22. The summed E-state index contributed by atoms with van der Waals surface area (Å²) in [6.07, 6.45) is 4.81. The molecule has 3 aliphatic rings. The summed E-state index contributed by atoms with van der Waals surface area (Å²) < 4.78 is 0. The van der Waals surface area contributed by atoms with Gasteiger partial charge < -0.3 is 0 Å². The molecule has 0 unspecified atom stereocenters. The highest BCUT2D eigenvalue weighted by molar-refractivity contribution is 6.33. The number of benzene rings is 1. The van der Waals surface area contributed by atoms with Crippen LogP contribution in [0.15, 0.2) is 17.1 Å². The first-order chi connectivity index (χ1) is 14.0. The van der Waals surface area contributed by atoms with Crippen LogP contribution in [0.5, 0.6) is 0 Å². The lowest BCUT2D eigenvalue weighted by atomic mass is 9.69. The molecule has 160 valence electrons. The second kappa shape index (κ2) is 6.76. The predicted molar refractivity (Wildman–Crippen MR) is 117 cm³/mol. The zero-order chi connectivity index (χ0) is 22.0. The van der Waals surface area contributed by atoms with E-state index in [1.165, 1.54) is 12.6 Å². The van der Waals surface area contributed by atoms with Crippen LogP contribution in [0.1, 0.15) is 56.7 Å². The highest BCUT2D eigenvalue weighted by atomic mass is 16.2. The lowest BCUT2D eigenvalue weighted by molar-refractivity contribution is -0.131. The van der Waals surface area contributed by atoms with E-state index in [4.69, 9.17) is 4.99 Å². The number of nitrogens with zero attached hydrogens (tertiary/aromatic N) is 2. The van der Waals surface area contributed by atoms with Crippen LogP contribution in [0.25, 0.3) is 0 Å². The van der Waals surface area contributed by atoms with Crippen molar-refractivity contribution in [1.82, 2.24) is 5.32 Å². The SMILES string of the molecule is Cc1cc(C)c(N2C(=O)NC(=O)[C@H](C=N[C@H]3C[C@H]4CC[C@]3(C)C4(C)C)C2=O)c(C)c1. The van der Waals surface area contributed by atoms with E-state index in [9.17, 15) is 14.4 Å². The minimum absolute atomic E-state index is 0.0714. The van der Waals surface area contributed by atoms with Crippen LogP contribution in [0.4, 0.5) is 10.5 Å².